The fraction of sp³-hybridized carbons (Fsp3) is 0.350. The van der Waals surface area contributed by atoms with Crippen molar-refractivity contribution >= 4 is 5.91 Å². The molecule has 0 spiro atoms. The lowest BCUT2D eigenvalue weighted by atomic mass is 9.96. The first-order valence-electron chi connectivity index (χ1n) is 8.20. The minimum Gasteiger partial charge on any atom is -0.396 e. The third-order valence-corrected chi connectivity index (χ3v) is 4.37. The highest BCUT2D eigenvalue weighted by molar-refractivity contribution is 5.77. The Kier molecular flexibility index (Phi) is 6.50. The van der Waals surface area contributed by atoms with Gasteiger partial charge in [-0.25, -0.2) is 4.39 Å². The Hall–Kier alpha value is -2.20. The molecule has 0 radical (unpaired) electrons. The number of hydrogen-bond acceptors (Lipinski definition) is 2. The lowest BCUT2D eigenvalue weighted by molar-refractivity contribution is -0.132. The third kappa shape index (κ3) is 4.65. The second-order valence-electron chi connectivity index (χ2n) is 6.10. The second kappa shape index (κ2) is 8.60. The summed E-state index contributed by atoms with van der Waals surface area (Å²) in [7, 11) is 1.77. The van der Waals surface area contributed by atoms with Gasteiger partial charge in [0.1, 0.15) is 5.82 Å². The molecule has 2 aromatic rings. The average Bonchev–Trinajstić information content (AvgIpc) is 2.60. The van der Waals surface area contributed by atoms with Crippen molar-refractivity contribution in [1.29, 1.82) is 0 Å². The van der Waals surface area contributed by atoms with Crippen molar-refractivity contribution in [3.8, 4) is 0 Å². The number of aliphatic hydroxyl groups is 1. The Balaban J connectivity index is 2.07. The number of hydrogen-bond donors (Lipinski definition) is 1. The molecule has 3 nitrogen and oxygen atoms in total. The SMILES string of the molecule is CC(CC(=O)N(C)C(CCO)c1ccccc1)c1ccc(F)cc1. The highest BCUT2D eigenvalue weighted by Crippen LogP contribution is 2.26. The predicted octanol–water partition coefficient (Wildman–Crippen LogP) is 3.90. The molecule has 0 aliphatic heterocycles. The van der Waals surface area contributed by atoms with Crippen LogP contribution in [-0.2, 0) is 4.79 Å². The van der Waals surface area contributed by atoms with Gasteiger partial charge >= 0.3 is 0 Å². The maximum atomic E-state index is 13.0. The standard InChI is InChI=1S/C20H24FNO2/c1-15(16-8-10-18(21)11-9-16)14-20(24)22(2)19(12-13-23)17-6-4-3-5-7-17/h3-11,15,19,23H,12-14H2,1-2H3. The van der Waals surface area contributed by atoms with Crippen LogP contribution in [0, 0.1) is 5.82 Å². The van der Waals surface area contributed by atoms with Gasteiger partial charge in [-0.2, -0.15) is 0 Å². The van der Waals surface area contributed by atoms with Crippen molar-refractivity contribution in [1.82, 2.24) is 4.90 Å². The Morgan fingerprint density at radius 3 is 2.29 bits per heavy atom. The van der Waals surface area contributed by atoms with E-state index < -0.39 is 0 Å². The molecule has 0 bridgehead atoms. The monoisotopic (exact) mass is 329 g/mol. The van der Waals surface area contributed by atoms with E-state index in [1.54, 1.807) is 24.1 Å². The zero-order valence-electron chi connectivity index (χ0n) is 14.2. The summed E-state index contributed by atoms with van der Waals surface area (Å²) in [6.07, 6.45) is 0.841. The van der Waals surface area contributed by atoms with Gasteiger partial charge in [-0.3, -0.25) is 4.79 Å². The van der Waals surface area contributed by atoms with Crippen LogP contribution in [0.2, 0.25) is 0 Å². The number of rotatable bonds is 7. The van der Waals surface area contributed by atoms with E-state index in [-0.39, 0.29) is 30.3 Å². The zero-order chi connectivity index (χ0) is 17.5. The molecule has 2 rings (SSSR count). The van der Waals surface area contributed by atoms with Crippen molar-refractivity contribution in [3.63, 3.8) is 0 Å². The Bertz CT molecular complexity index is 642. The Morgan fingerprint density at radius 2 is 1.71 bits per heavy atom. The van der Waals surface area contributed by atoms with Gasteiger partial charge in [-0.1, -0.05) is 49.4 Å². The summed E-state index contributed by atoms with van der Waals surface area (Å²) in [6.45, 7) is 1.98. The molecule has 0 heterocycles. The molecule has 4 heteroatoms. The van der Waals surface area contributed by atoms with Crippen LogP contribution in [-0.4, -0.2) is 29.6 Å². The molecule has 0 aromatic heterocycles. The van der Waals surface area contributed by atoms with Crippen LogP contribution < -0.4 is 0 Å². The highest BCUT2D eigenvalue weighted by Gasteiger charge is 2.23. The molecule has 0 fully saturated rings. The molecule has 2 atom stereocenters. The molecule has 1 N–H and O–H groups in total. The molecule has 2 aromatic carbocycles. The van der Waals surface area contributed by atoms with E-state index in [9.17, 15) is 14.3 Å². The van der Waals surface area contributed by atoms with Crippen LogP contribution in [0.15, 0.2) is 54.6 Å². The molecular formula is C20H24FNO2. The summed E-state index contributed by atoms with van der Waals surface area (Å²) in [5.74, 6) is -0.262. The van der Waals surface area contributed by atoms with Crippen molar-refractivity contribution < 1.29 is 14.3 Å². The largest absolute Gasteiger partial charge is 0.396 e. The summed E-state index contributed by atoms with van der Waals surface area (Å²) in [4.78, 5) is 14.4. The van der Waals surface area contributed by atoms with E-state index in [1.165, 1.54) is 12.1 Å². The normalized spacial score (nSPS) is 13.3. The number of carbonyl (C=O) groups is 1. The molecule has 0 saturated carbocycles. The van der Waals surface area contributed by atoms with Gasteiger partial charge in [-0.15, -0.1) is 0 Å². The van der Waals surface area contributed by atoms with Gasteiger partial charge in [0, 0.05) is 20.1 Å². The van der Waals surface area contributed by atoms with E-state index in [0.717, 1.165) is 11.1 Å². The predicted molar refractivity (Wildman–Crippen MR) is 93.1 cm³/mol. The van der Waals surface area contributed by atoms with Gasteiger partial charge in [0.05, 0.1) is 6.04 Å². The van der Waals surface area contributed by atoms with Crippen LogP contribution in [0.3, 0.4) is 0 Å². The maximum absolute atomic E-state index is 13.0. The molecule has 0 aliphatic rings. The zero-order valence-corrected chi connectivity index (χ0v) is 14.2. The fourth-order valence-corrected chi connectivity index (χ4v) is 2.87. The van der Waals surface area contributed by atoms with Gasteiger partial charge in [0.15, 0.2) is 0 Å². The van der Waals surface area contributed by atoms with Crippen LogP contribution in [0.4, 0.5) is 4.39 Å². The van der Waals surface area contributed by atoms with Gasteiger partial charge in [-0.05, 0) is 35.6 Å². The number of aliphatic hydroxyl groups excluding tert-OH is 1. The Morgan fingerprint density at radius 1 is 1.08 bits per heavy atom. The molecule has 0 aliphatic carbocycles. The lowest BCUT2D eigenvalue weighted by Gasteiger charge is -2.29. The summed E-state index contributed by atoms with van der Waals surface area (Å²) < 4.78 is 13.0. The van der Waals surface area contributed by atoms with E-state index in [2.05, 4.69) is 0 Å². The number of amides is 1. The first-order valence-corrected chi connectivity index (χ1v) is 8.20. The molecule has 0 saturated heterocycles. The maximum Gasteiger partial charge on any atom is 0.223 e. The second-order valence-corrected chi connectivity index (χ2v) is 6.10. The van der Waals surface area contributed by atoms with Gasteiger partial charge in [0.2, 0.25) is 5.91 Å². The van der Waals surface area contributed by atoms with E-state index >= 15 is 0 Å². The minimum absolute atomic E-state index is 0.00565. The summed E-state index contributed by atoms with van der Waals surface area (Å²) in [5, 5.41) is 9.34. The number of benzene rings is 2. The van der Waals surface area contributed by atoms with E-state index in [0.29, 0.717) is 12.8 Å². The van der Waals surface area contributed by atoms with Crippen molar-refractivity contribution in [2.45, 2.75) is 31.7 Å². The number of carbonyl (C=O) groups excluding carboxylic acids is 1. The average molecular weight is 329 g/mol. The Labute approximate surface area is 142 Å². The molecule has 128 valence electrons. The van der Waals surface area contributed by atoms with Gasteiger partial charge < -0.3 is 10.0 Å². The van der Waals surface area contributed by atoms with Crippen LogP contribution in [0.5, 0.6) is 0 Å². The molecule has 24 heavy (non-hydrogen) atoms. The van der Waals surface area contributed by atoms with Crippen LogP contribution in [0.25, 0.3) is 0 Å². The number of halogens is 1. The fourth-order valence-electron chi connectivity index (χ4n) is 2.87. The van der Waals surface area contributed by atoms with Crippen LogP contribution >= 0.6 is 0 Å². The summed E-state index contributed by atoms with van der Waals surface area (Å²) in [6, 6.07) is 15.8. The van der Waals surface area contributed by atoms with E-state index in [4.69, 9.17) is 0 Å². The smallest absolute Gasteiger partial charge is 0.223 e. The van der Waals surface area contributed by atoms with Crippen molar-refractivity contribution in [2.75, 3.05) is 13.7 Å². The minimum atomic E-state index is -0.276. The summed E-state index contributed by atoms with van der Waals surface area (Å²) >= 11 is 0. The van der Waals surface area contributed by atoms with E-state index in [1.807, 2.05) is 37.3 Å². The van der Waals surface area contributed by atoms with Crippen molar-refractivity contribution in [3.05, 3.63) is 71.5 Å². The molecule has 2 unspecified atom stereocenters. The quantitative estimate of drug-likeness (QED) is 0.837. The lowest BCUT2D eigenvalue weighted by Crippen LogP contribution is -2.32. The highest BCUT2D eigenvalue weighted by atomic mass is 19.1. The summed E-state index contributed by atoms with van der Waals surface area (Å²) in [5.41, 5.74) is 1.95. The third-order valence-electron chi connectivity index (χ3n) is 4.37. The number of nitrogens with zero attached hydrogens (tertiary/aromatic N) is 1. The van der Waals surface area contributed by atoms with Crippen molar-refractivity contribution in [2.24, 2.45) is 0 Å². The molecule has 1 amide bonds. The first kappa shape index (κ1) is 18.1. The topological polar surface area (TPSA) is 40.5 Å². The molecular weight excluding hydrogens is 305 g/mol. The van der Waals surface area contributed by atoms with Gasteiger partial charge in [0.25, 0.3) is 0 Å². The first-order chi connectivity index (χ1) is 11.5. The van der Waals surface area contributed by atoms with Crippen LogP contribution in [0.1, 0.15) is 42.9 Å².